The Morgan fingerprint density at radius 2 is 1.81 bits per heavy atom. The van der Waals surface area contributed by atoms with Crippen LogP contribution in [0, 0.1) is 11.6 Å². The summed E-state index contributed by atoms with van der Waals surface area (Å²) < 4.78 is 44.3. The van der Waals surface area contributed by atoms with Gasteiger partial charge in [0.15, 0.2) is 22.7 Å². The summed E-state index contributed by atoms with van der Waals surface area (Å²) in [6, 6.07) is 12.2. The lowest BCUT2D eigenvalue weighted by Gasteiger charge is -2.41. The molecule has 3 N–H and O–H groups in total. The molecule has 3 aromatic carbocycles. The fourth-order valence-corrected chi connectivity index (χ4v) is 6.10. The van der Waals surface area contributed by atoms with Gasteiger partial charge in [0.2, 0.25) is 11.2 Å². The molecule has 11 nitrogen and oxygen atoms in total. The lowest BCUT2D eigenvalue weighted by atomic mass is 10.1. The minimum atomic E-state index is -1.48. The monoisotopic (exact) mass is 647 g/mol. The zero-order valence-electron chi connectivity index (χ0n) is 25.5. The second-order valence-electron chi connectivity index (χ2n) is 11.3. The normalized spacial score (nSPS) is 15.4. The number of ether oxygens (including phenoxy) is 1. The second kappa shape index (κ2) is 12.4. The molecule has 0 spiro atoms. The van der Waals surface area contributed by atoms with E-state index in [4.69, 9.17) is 9.15 Å². The first-order valence-corrected chi connectivity index (χ1v) is 15.0. The lowest BCUT2D eigenvalue weighted by Crippen LogP contribution is -2.53. The van der Waals surface area contributed by atoms with Crippen LogP contribution in [0.15, 0.2) is 68.7 Å². The van der Waals surface area contributed by atoms with Crippen molar-refractivity contribution in [2.75, 3.05) is 37.7 Å². The number of halogens is 2. The predicted molar refractivity (Wildman–Crippen MR) is 171 cm³/mol. The number of phenols is 2. The van der Waals surface area contributed by atoms with E-state index in [1.807, 2.05) is 17.9 Å². The number of pyridine rings is 1. The summed E-state index contributed by atoms with van der Waals surface area (Å²) in [5, 5.41) is 30.0. The van der Waals surface area contributed by atoms with Crippen LogP contribution in [0.4, 0.5) is 14.5 Å². The number of carboxylic acid groups (broad SMARTS) is 1. The Bertz CT molecular complexity index is 2150. The molecule has 47 heavy (non-hydrogen) atoms. The SMILES string of the molecule is CCn1cc(C(=O)O)c(=O)c2cc(F)c(N3CCN(CCOc4cc5oc(-c6ccccc6)cc(=O)c5c(O)c4O)C(C)C3)c(F)c21. The van der Waals surface area contributed by atoms with E-state index in [0.29, 0.717) is 18.7 Å². The van der Waals surface area contributed by atoms with Crippen LogP contribution in [0.2, 0.25) is 0 Å². The smallest absolute Gasteiger partial charge is 0.341 e. The van der Waals surface area contributed by atoms with Gasteiger partial charge in [0, 0.05) is 62.7 Å². The molecule has 0 saturated carbocycles. The summed E-state index contributed by atoms with van der Waals surface area (Å²) >= 11 is 0. The maximum atomic E-state index is 15.9. The number of aromatic hydroxyl groups is 2. The lowest BCUT2D eigenvalue weighted by molar-refractivity contribution is 0.0694. The van der Waals surface area contributed by atoms with E-state index in [-0.39, 0.29) is 71.4 Å². The van der Waals surface area contributed by atoms with Crippen molar-refractivity contribution < 1.29 is 38.0 Å². The summed E-state index contributed by atoms with van der Waals surface area (Å²) in [5.74, 6) is -4.42. The molecule has 2 aromatic heterocycles. The number of aryl methyl sites for hydroxylation is 1. The molecular formula is C34H31F2N3O8. The molecule has 1 aliphatic rings. The van der Waals surface area contributed by atoms with Gasteiger partial charge in [-0.05, 0) is 19.9 Å². The van der Waals surface area contributed by atoms with Crippen molar-refractivity contribution in [3.05, 3.63) is 92.4 Å². The van der Waals surface area contributed by atoms with Crippen molar-refractivity contribution in [2.24, 2.45) is 0 Å². The van der Waals surface area contributed by atoms with Gasteiger partial charge in [0.1, 0.15) is 40.4 Å². The molecule has 0 aliphatic carbocycles. The van der Waals surface area contributed by atoms with Crippen LogP contribution in [0.1, 0.15) is 24.2 Å². The Hall–Kier alpha value is -5.43. The van der Waals surface area contributed by atoms with E-state index >= 15 is 8.78 Å². The number of carboxylic acids is 1. The number of piperazine rings is 1. The number of aromatic nitrogens is 1. The quantitative estimate of drug-likeness (QED) is 0.201. The summed E-state index contributed by atoms with van der Waals surface area (Å²) in [7, 11) is 0. The molecule has 244 valence electrons. The van der Waals surface area contributed by atoms with E-state index in [9.17, 15) is 29.7 Å². The number of fused-ring (bicyclic) bond motifs is 2. The Labute approximate surface area is 266 Å². The molecule has 13 heteroatoms. The van der Waals surface area contributed by atoms with Gasteiger partial charge in [0.25, 0.3) is 0 Å². The number of rotatable bonds is 8. The molecule has 6 rings (SSSR count). The number of phenolic OH excluding ortho intramolecular Hbond substituents is 2. The number of aromatic carboxylic acids is 1. The van der Waals surface area contributed by atoms with Gasteiger partial charge in [-0.3, -0.25) is 14.5 Å². The topological polar surface area (TPSA) is 146 Å². The highest BCUT2D eigenvalue weighted by atomic mass is 19.1. The number of anilines is 1. The summed E-state index contributed by atoms with van der Waals surface area (Å²) in [5.41, 5.74) is -1.81. The van der Waals surface area contributed by atoms with Crippen molar-refractivity contribution in [1.29, 1.82) is 0 Å². The number of nitrogens with zero attached hydrogens (tertiary/aromatic N) is 3. The molecular weight excluding hydrogens is 616 g/mol. The molecule has 3 heterocycles. The molecule has 1 atom stereocenters. The van der Waals surface area contributed by atoms with Crippen LogP contribution < -0.4 is 20.5 Å². The predicted octanol–water partition coefficient (Wildman–Crippen LogP) is 4.77. The average Bonchev–Trinajstić information content (AvgIpc) is 3.04. The number of benzene rings is 3. The first kappa shape index (κ1) is 31.5. The zero-order valence-corrected chi connectivity index (χ0v) is 25.5. The number of carbonyl (C=O) groups is 1. The molecule has 1 saturated heterocycles. The van der Waals surface area contributed by atoms with Gasteiger partial charge in [-0.25, -0.2) is 13.6 Å². The maximum Gasteiger partial charge on any atom is 0.341 e. The first-order valence-electron chi connectivity index (χ1n) is 15.0. The van der Waals surface area contributed by atoms with E-state index in [1.165, 1.54) is 16.7 Å². The third kappa shape index (κ3) is 5.63. The Morgan fingerprint density at radius 3 is 2.49 bits per heavy atom. The third-order valence-corrected chi connectivity index (χ3v) is 8.51. The van der Waals surface area contributed by atoms with E-state index in [1.54, 1.807) is 36.1 Å². The van der Waals surface area contributed by atoms with Gasteiger partial charge in [-0.1, -0.05) is 30.3 Å². The van der Waals surface area contributed by atoms with Crippen LogP contribution in [0.5, 0.6) is 17.2 Å². The fraction of sp³-hybridized carbons (Fsp3) is 0.265. The molecule has 0 radical (unpaired) electrons. The summed E-state index contributed by atoms with van der Waals surface area (Å²) in [6.07, 6.45) is 1.07. The van der Waals surface area contributed by atoms with Crippen LogP contribution in [0.3, 0.4) is 0 Å². The molecule has 0 bridgehead atoms. The van der Waals surface area contributed by atoms with Crippen LogP contribution in [-0.2, 0) is 6.54 Å². The van der Waals surface area contributed by atoms with Gasteiger partial charge < -0.3 is 33.9 Å². The first-order chi connectivity index (χ1) is 22.5. The Kier molecular flexibility index (Phi) is 8.32. The van der Waals surface area contributed by atoms with Crippen LogP contribution in [0.25, 0.3) is 33.2 Å². The van der Waals surface area contributed by atoms with Gasteiger partial charge in [-0.2, -0.15) is 0 Å². The maximum absolute atomic E-state index is 15.9. The molecule has 1 unspecified atom stereocenters. The minimum Gasteiger partial charge on any atom is -0.504 e. The average molecular weight is 648 g/mol. The summed E-state index contributed by atoms with van der Waals surface area (Å²) in [4.78, 5) is 40.6. The van der Waals surface area contributed by atoms with E-state index < -0.39 is 45.5 Å². The standard InChI is InChI=1S/C34H31F2N3O8/c1-3-37-17-21(34(44)45)31(41)20-13-22(35)30(28(36)29(20)37)39-10-9-38(18(2)16-39)11-12-46-26-15-25-27(33(43)32(26)42)23(40)14-24(47-25)19-7-5-4-6-8-19/h4-8,13-15,17-18,42-43H,3,9-12,16H2,1-2H3,(H,44,45). The molecule has 5 aromatic rings. The highest BCUT2D eigenvalue weighted by molar-refractivity contribution is 5.94. The molecule has 1 aliphatic heterocycles. The fourth-order valence-electron chi connectivity index (χ4n) is 6.10. The number of hydrogen-bond donors (Lipinski definition) is 3. The van der Waals surface area contributed by atoms with Crippen molar-refractivity contribution in [2.45, 2.75) is 26.4 Å². The largest absolute Gasteiger partial charge is 0.504 e. The minimum absolute atomic E-state index is 0.0377. The van der Waals surface area contributed by atoms with Crippen molar-refractivity contribution >= 4 is 33.5 Å². The van der Waals surface area contributed by atoms with Crippen molar-refractivity contribution in [3.8, 4) is 28.6 Å². The number of hydrogen-bond acceptors (Lipinski definition) is 9. The molecule has 0 amide bonds. The van der Waals surface area contributed by atoms with Gasteiger partial charge in [-0.15, -0.1) is 0 Å². The third-order valence-electron chi connectivity index (χ3n) is 8.51. The van der Waals surface area contributed by atoms with Crippen LogP contribution in [-0.4, -0.2) is 69.6 Å². The second-order valence-corrected chi connectivity index (χ2v) is 11.3. The van der Waals surface area contributed by atoms with Gasteiger partial charge >= 0.3 is 5.97 Å². The van der Waals surface area contributed by atoms with Crippen molar-refractivity contribution in [1.82, 2.24) is 9.47 Å². The summed E-state index contributed by atoms with van der Waals surface area (Å²) in [6.45, 7) is 5.00. The van der Waals surface area contributed by atoms with E-state index in [2.05, 4.69) is 0 Å². The van der Waals surface area contributed by atoms with Crippen molar-refractivity contribution in [3.63, 3.8) is 0 Å². The molecule has 1 fully saturated rings. The van der Waals surface area contributed by atoms with E-state index in [0.717, 1.165) is 12.3 Å². The zero-order chi connectivity index (χ0) is 33.6. The highest BCUT2D eigenvalue weighted by Crippen LogP contribution is 2.41. The van der Waals surface area contributed by atoms with Gasteiger partial charge in [0.05, 0.1) is 10.9 Å². The Balaban J connectivity index is 1.19. The van der Waals surface area contributed by atoms with Crippen LogP contribution >= 0.6 is 0 Å². The Morgan fingerprint density at radius 1 is 1.06 bits per heavy atom. The highest BCUT2D eigenvalue weighted by Gasteiger charge is 2.30.